The fourth-order valence-electron chi connectivity index (χ4n) is 1.69. The minimum absolute atomic E-state index is 0.174. The van der Waals surface area contributed by atoms with Crippen LogP contribution in [-0.2, 0) is 19.0 Å². The molecule has 0 aliphatic heterocycles. The maximum atomic E-state index is 11.8. The highest BCUT2D eigenvalue weighted by atomic mass is 16.5. The van der Waals surface area contributed by atoms with E-state index in [1.807, 2.05) is 20.8 Å². The maximum absolute atomic E-state index is 11.8. The molecule has 0 amide bonds. The highest BCUT2D eigenvalue weighted by Crippen LogP contribution is 2.15. The van der Waals surface area contributed by atoms with Gasteiger partial charge in [-0.15, -0.1) is 0 Å². The Hall–Kier alpha value is -0.650. The highest BCUT2D eigenvalue weighted by molar-refractivity contribution is 5.80. The molecule has 0 aliphatic rings. The molecule has 120 valence electrons. The molecule has 1 atom stereocenters. The van der Waals surface area contributed by atoms with E-state index in [0.29, 0.717) is 19.6 Å². The van der Waals surface area contributed by atoms with Gasteiger partial charge in [-0.1, -0.05) is 6.92 Å². The fraction of sp³-hybridized carbons (Fsp3) is 0.933. The van der Waals surface area contributed by atoms with Crippen molar-refractivity contribution in [3.63, 3.8) is 0 Å². The van der Waals surface area contributed by atoms with Crippen LogP contribution in [0, 0.1) is 0 Å². The summed E-state index contributed by atoms with van der Waals surface area (Å²) in [6, 6.07) is 0. The number of hydrogen-bond acceptors (Lipinski definition) is 5. The van der Waals surface area contributed by atoms with Gasteiger partial charge < -0.3 is 19.5 Å². The summed E-state index contributed by atoms with van der Waals surface area (Å²) in [6.45, 7) is 9.89. The van der Waals surface area contributed by atoms with E-state index >= 15 is 0 Å². The standard InChI is InChI=1S/C15H31NO4/c1-7-10-16-15(4,13(17)18-5)9-12-20-11-8-14(2,3)19-6/h16H,7-12H2,1-6H3. The molecule has 0 heterocycles. The van der Waals surface area contributed by atoms with Crippen molar-refractivity contribution in [2.45, 2.75) is 58.1 Å². The highest BCUT2D eigenvalue weighted by Gasteiger charge is 2.33. The lowest BCUT2D eigenvalue weighted by atomic mass is 9.98. The summed E-state index contributed by atoms with van der Waals surface area (Å²) in [6.07, 6.45) is 2.38. The van der Waals surface area contributed by atoms with Crippen molar-refractivity contribution in [3.05, 3.63) is 0 Å². The zero-order valence-corrected chi connectivity index (χ0v) is 13.9. The molecule has 0 aromatic carbocycles. The quantitative estimate of drug-likeness (QED) is 0.466. The largest absolute Gasteiger partial charge is 0.468 e. The van der Waals surface area contributed by atoms with Gasteiger partial charge in [-0.25, -0.2) is 0 Å². The van der Waals surface area contributed by atoms with Crippen LogP contribution in [0.25, 0.3) is 0 Å². The van der Waals surface area contributed by atoms with Crippen molar-refractivity contribution in [3.8, 4) is 0 Å². The van der Waals surface area contributed by atoms with E-state index in [9.17, 15) is 4.79 Å². The van der Waals surface area contributed by atoms with Crippen LogP contribution in [0.15, 0.2) is 0 Å². The van der Waals surface area contributed by atoms with Crippen LogP contribution in [0.3, 0.4) is 0 Å². The van der Waals surface area contributed by atoms with Gasteiger partial charge in [0, 0.05) is 20.3 Å². The number of esters is 1. The third kappa shape index (κ3) is 7.22. The van der Waals surface area contributed by atoms with E-state index in [2.05, 4.69) is 12.2 Å². The molecule has 0 saturated carbocycles. The number of ether oxygens (including phenoxy) is 3. The van der Waals surface area contributed by atoms with Gasteiger partial charge in [-0.05, 0) is 46.6 Å². The molecule has 5 heteroatoms. The Morgan fingerprint density at radius 2 is 1.70 bits per heavy atom. The van der Waals surface area contributed by atoms with Crippen molar-refractivity contribution >= 4 is 5.97 Å². The number of methoxy groups -OCH3 is 2. The van der Waals surface area contributed by atoms with Gasteiger partial charge in [0.05, 0.1) is 12.7 Å². The first-order valence-corrected chi connectivity index (χ1v) is 7.27. The lowest BCUT2D eigenvalue weighted by Gasteiger charge is -2.28. The number of carbonyl (C=O) groups excluding carboxylic acids is 1. The maximum Gasteiger partial charge on any atom is 0.325 e. The summed E-state index contributed by atoms with van der Waals surface area (Å²) in [5.41, 5.74) is -0.854. The first-order valence-electron chi connectivity index (χ1n) is 7.27. The zero-order valence-electron chi connectivity index (χ0n) is 13.9. The molecule has 0 aromatic rings. The van der Waals surface area contributed by atoms with Crippen LogP contribution in [0.2, 0.25) is 0 Å². The summed E-state index contributed by atoms with van der Waals surface area (Å²) in [5, 5.41) is 3.24. The van der Waals surface area contributed by atoms with E-state index in [1.54, 1.807) is 7.11 Å². The summed E-state index contributed by atoms with van der Waals surface area (Å²) < 4.78 is 15.8. The van der Waals surface area contributed by atoms with E-state index in [0.717, 1.165) is 19.4 Å². The molecule has 0 bridgehead atoms. The van der Waals surface area contributed by atoms with Gasteiger partial charge in [-0.2, -0.15) is 0 Å². The Morgan fingerprint density at radius 3 is 2.20 bits per heavy atom. The van der Waals surface area contributed by atoms with Crippen molar-refractivity contribution < 1.29 is 19.0 Å². The molecular weight excluding hydrogens is 258 g/mol. The molecule has 0 fully saturated rings. The summed E-state index contributed by atoms with van der Waals surface area (Å²) in [4.78, 5) is 11.8. The van der Waals surface area contributed by atoms with Crippen LogP contribution in [-0.4, -0.2) is 51.1 Å². The Kier molecular flexibility index (Phi) is 9.01. The van der Waals surface area contributed by atoms with Gasteiger partial charge in [0.15, 0.2) is 0 Å². The minimum Gasteiger partial charge on any atom is -0.468 e. The topological polar surface area (TPSA) is 56.8 Å². The average molecular weight is 289 g/mol. The van der Waals surface area contributed by atoms with Crippen LogP contribution in [0.1, 0.15) is 47.0 Å². The van der Waals surface area contributed by atoms with Crippen LogP contribution in [0.4, 0.5) is 0 Å². The lowest BCUT2D eigenvalue weighted by molar-refractivity contribution is -0.148. The minimum atomic E-state index is -0.679. The Balaban J connectivity index is 4.12. The van der Waals surface area contributed by atoms with Crippen molar-refractivity contribution in [2.75, 3.05) is 34.0 Å². The number of rotatable bonds is 11. The van der Waals surface area contributed by atoms with Crippen LogP contribution in [0.5, 0.6) is 0 Å². The van der Waals surface area contributed by atoms with Crippen molar-refractivity contribution in [1.82, 2.24) is 5.32 Å². The van der Waals surface area contributed by atoms with Gasteiger partial charge in [0.1, 0.15) is 5.54 Å². The summed E-state index contributed by atoms with van der Waals surface area (Å²) in [7, 11) is 3.11. The predicted octanol–water partition coefficient (Wildman–Crippen LogP) is 2.14. The van der Waals surface area contributed by atoms with Gasteiger partial charge >= 0.3 is 5.97 Å². The molecule has 0 rings (SSSR count). The molecule has 1 N–H and O–H groups in total. The first kappa shape index (κ1) is 19.4. The predicted molar refractivity (Wildman–Crippen MR) is 79.9 cm³/mol. The molecule has 0 aliphatic carbocycles. The lowest BCUT2D eigenvalue weighted by Crippen LogP contribution is -2.51. The van der Waals surface area contributed by atoms with Crippen molar-refractivity contribution in [2.24, 2.45) is 0 Å². The number of hydrogen-bond donors (Lipinski definition) is 1. The molecule has 0 saturated heterocycles. The fourth-order valence-corrected chi connectivity index (χ4v) is 1.69. The van der Waals surface area contributed by atoms with Gasteiger partial charge in [0.2, 0.25) is 0 Å². The zero-order chi connectivity index (χ0) is 15.6. The molecule has 5 nitrogen and oxygen atoms in total. The SMILES string of the molecule is CCCNC(C)(CCOCCC(C)(C)OC)C(=O)OC. The first-order chi connectivity index (χ1) is 9.31. The third-order valence-corrected chi connectivity index (χ3v) is 3.55. The second kappa shape index (κ2) is 9.32. The molecule has 0 radical (unpaired) electrons. The van der Waals surface area contributed by atoms with E-state index in [4.69, 9.17) is 14.2 Å². The molecule has 1 unspecified atom stereocenters. The van der Waals surface area contributed by atoms with Crippen molar-refractivity contribution in [1.29, 1.82) is 0 Å². The van der Waals surface area contributed by atoms with E-state index < -0.39 is 5.54 Å². The molecular formula is C15H31NO4. The molecule has 0 aromatic heterocycles. The normalized spacial score (nSPS) is 14.9. The second-order valence-corrected chi connectivity index (χ2v) is 5.83. The molecule has 0 spiro atoms. The number of nitrogens with one attached hydrogen (secondary N) is 1. The molecule has 20 heavy (non-hydrogen) atoms. The Labute approximate surface area is 123 Å². The Bertz CT molecular complexity index is 281. The smallest absolute Gasteiger partial charge is 0.325 e. The average Bonchev–Trinajstić information content (AvgIpc) is 2.43. The van der Waals surface area contributed by atoms with Gasteiger partial charge in [-0.3, -0.25) is 4.79 Å². The monoisotopic (exact) mass is 289 g/mol. The Morgan fingerprint density at radius 1 is 1.10 bits per heavy atom. The summed E-state index contributed by atoms with van der Waals surface area (Å²) in [5.74, 6) is -0.244. The second-order valence-electron chi connectivity index (χ2n) is 5.83. The van der Waals surface area contributed by atoms with Crippen LogP contribution >= 0.6 is 0 Å². The van der Waals surface area contributed by atoms with Crippen LogP contribution < -0.4 is 5.32 Å². The van der Waals surface area contributed by atoms with E-state index in [1.165, 1.54) is 7.11 Å². The van der Waals surface area contributed by atoms with E-state index in [-0.39, 0.29) is 11.6 Å². The third-order valence-electron chi connectivity index (χ3n) is 3.55. The number of carbonyl (C=O) groups is 1. The summed E-state index contributed by atoms with van der Waals surface area (Å²) >= 11 is 0. The van der Waals surface area contributed by atoms with Gasteiger partial charge in [0.25, 0.3) is 0 Å².